The van der Waals surface area contributed by atoms with E-state index in [1.165, 1.54) is 24.9 Å². The van der Waals surface area contributed by atoms with Crippen molar-refractivity contribution >= 4 is 35.2 Å². The first-order valence-electron chi connectivity index (χ1n) is 9.45. The summed E-state index contributed by atoms with van der Waals surface area (Å²) in [6.07, 6.45) is 0.0532. The Labute approximate surface area is 178 Å². The van der Waals surface area contributed by atoms with Crippen LogP contribution in [-0.2, 0) is 9.59 Å². The Bertz CT molecular complexity index is 950. The smallest absolute Gasteiger partial charge is 0.269 e. The summed E-state index contributed by atoms with van der Waals surface area (Å²) in [4.78, 5) is 39.4. The molecular weight excluding hydrogens is 406 g/mol. The number of hydrogen-bond donors (Lipinski definition) is 2. The molecule has 3 amide bonds. The van der Waals surface area contributed by atoms with Gasteiger partial charge in [-0.1, -0.05) is 12.1 Å². The van der Waals surface area contributed by atoms with E-state index in [0.29, 0.717) is 29.4 Å². The van der Waals surface area contributed by atoms with E-state index in [4.69, 9.17) is 9.47 Å². The fourth-order valence-electron chi connectivity index (χ4n) is 2.96. The summed E-state index contributed by atoms with van der Waals surface area (Å²) < 4.78 is 10.7. The summed E-state index contributed by atoms with van der Waals surface area (Å²) in [5.41, 5.74) is 5.88. The number of rotatable bonds is 7. The number of nitrogens with one attached hydrogen (secondary N) is 2. The number of fused-ring (bicyclic) bond motifs is 1. The van der Waals surface area contributed by atoms with Crippen molar-refractivity contribution in [3.63, 3.8) is 0 Å². The third-order valence-corrected chi connectivity index (χ3v) is 5.46. The molecule has 1 aliphatic heterocycles. The first-order chi connectivity index (χ1) is 14.5. The lowest BCUT2D eigenvalue weighted by atomic mass is 10.2. The minimum atomic E-state index is -0.486. The maximum Gasteiger partial charge on any atom is 0.269 e. The molecular formula is C21H23N3O5S. The number of ether oxygens (including phenoxy) is 2. The van der Waals surface area contributed by atoms with Crippen LogP contribution in [0, 0.1) is 0 Å². The lowest BCUT2D eigenvalue weighted by molar-refractivity contribution is -0.121. The second-order valence-corrected chi connectivity index (χ2v) is 7.37. The monoisotopic (exact) mass is 429 g/mol. The summed E-state index contributed by atoms with van der Waals surface area (Å²) in [5, 5.41) is 0. The van der Waals surface area contributed by atoms with Gasteiger partial charge in [0.15, 0.2) is 11.5 Å². The molecule has 0 saturated heterocycles. The number of amides is 3. The van der Waals surface area contributed by atoms with Gasteiger partial charge >= 0.3 is 0 Å². The van der Waals surface area contributed by atoms with Crippen molar-refractivity contribution in [2.24, 2.45) is 0 Å². The van der Waals surface area contributed by atoms with E-state index < -0.39 is 11.8 Å². The molecule has 0 saturated carbocycles. The molecule has 30 heavy (non-hydrogen) atoms. The Balaban J connectivity index is 1.54. The first-order valence-corrected chi connectivity index (χ1v) is 10.4. The zero-order valence-corrected chi connectivity index (χ0v) is 17.6. The number of thioether (sulfide) groups is 1. The molecule has 1 aliphatic rings. The normalized spacial score (nSPS) is 12.7. The molecule has 0 atom stereocenters. The Morgan fingerprint density at radius 3 is 2.70 bits per heavy atom. The van der Waals surface area contributed by atoms with Gasteiger partial charge in [-0.05, 0) is 37.3 Å². The highest BCUT2D eigenvalue weighted by atomic mass is 32.2. The minimum Gasteiger partial charge on any atom is -0.493 e. The van der Waals surface area contributed by atoms with E-state index in [1.807, 2.05) is 31.2 Å². The van der Waals surface area contributed by atoms with E-state index >= 15 is 0 Å². The van der Waals surface area contributed by atoms with Crippen LogP contribution in [0.2, 0.25) is 0 Å². The molecule has 2 aromatic carbocycles. The summed E-state index contributed by atoms with van der Waals surface area (Å²) in [5.74, 6) is 0.373. The van der Waals surface area contributed by atoms with Gasteiger partial charge in [-0.25, -0.2) is 0 Å². The van der Waals surface area contributed by atoms with Gasteiger partial charge in [0, 0.05) is 23.4 Å². The average molecular weight is 429 g/mol. The highest BCUT2D eigenvalue weighted by molar-refractivity contribution is 8.00. The van der Waals surface area contributed by atoms with Gasteiger partial charge in [-0.2, -0.15) is 0 Å². The van der Waals surface area contributed by atoms with Gasteiger partial charge in [-0.15, -0.1) is 11.8 Å². The fraction of sp³-hybridized carbons (Fsp3) is 0.286. The largest absolute Gasteiger partial charge is 0.493 e. The second kappa shape index (κ2) is 10.0. The number of hydrazine groups is 1. The van der Waals surface area contributed by atoms with Crippen LogP contribution in [-0.4, -0.2) is 43.7 Å². The van der Waals surface area contributed by atoms with Crippen LogP contribution in [0.1, 0.15) is 23.7 Å². The van der Waals surface area contributed by atoms with Crippen molar-refractivity contribution in [1.29, 1.82) is 0 Å². The number of carbonyl (C=O) groups excluding carboxylic acids is 3. The number of hydrogen-bond acceptors (Lipinski definition) is 6. The van der Waals surface area contributed by atoms with Crippen LogP contribution in [0.3, 0.4) is 0 Å². The molecule has 0 radical (unpaired) electrons. The Morgan fingerprint density at radius 2 is 1.93 bits per heavy atom. The van der Waals surface area contributed by atoms with Gasteiger partial charge in [0.25, 0.3) is 5.91 Å². The highest BCUT2D eigenvalue weighted by Crippen LogP contribution is 2.34. The summed E-state index contributed by atoms with van der Waals surface area (Å²) in [6.45, 7) is 2.56. The average Bonchev–Trinajstić information content (AvgIpc) is 2.77. The number of benzene rings is 2. The molecule has 8 nitrogen and oxygen atoms in total. The van der Waals surface area contributed by atoms with Crippen molar-refractivity contribution in [1.82, 2.24) is 10.9 Å². The number of carbonyl (C=O) groups is 3. The molecule has 0 aromatic heterocycles. The van der Waals surface area contributed by atoms with E-state index in [9.17, 15) is 14.4 Å². The maximum atomic E-state index is 12.3. The van der Waals surface area contributed by atoms with Crippen LogP contribution in [0.5, 0.6) is 11.5 Å². The summed E-state index contributed by atoms with van der Waals surface area (Å²) >= 11 is 1.49. The van der Waals surface area contributed by atoms with E-state index in [2.05, 4.69) is 10.9 Å². The van der Waals surface area contributed by atoms with Crippen LogP contribution >= 0.6 is 11.8 Å². The molecule has 0 fully saturated rings. The summed E-state index contributed by atoms with van der Waals surface area (Å²) in [7, 11) is 1.49. The molecule has 0 unspecified atom stereocenters. The van der Waals surface area contributed by atoms with Crippen LogP contribution in [0.25, 0.3) is 0 Å². The molecule has 1 heterocycles. The molecule has 158 valence electrons. The minimum absolute atomic E-state index is 0.0444. The molecule has 2 aromatic rings. The van der Waals surface area contributed by atoms with Crippen molar-refractivity contribution in [2.45, 2.75) is 18.2 Å². The number of anilines is 1. The molecule has 9 heteroatoms. The predicted molar refractivity (Wildman–Crippen MR) is 114 cm³/mol. The van der Waals surface area contributed by atoms with Crippen LogP contribution in [0.15, 0.2) is 47.4 Å². The van der Waals surface area contributed by atoms with E-state index in [0.717, 1.165) is 10.6 Å². The molecule has 2 N–H and O–H groups in total. The van der Waals surface area contributed by atoms with Crippen molar-refractivity contribution in [2.75, 3.05) is 30.9 Å². The highest BCUT2D eigenvalue weighted by Gasteiger charge is 2.24. The standard InChI is InChI=1S/C21H23N3O5S/c1-3-29-16-9-8-14(12-17(16)28-2)21(27)23-22-19(25)10-11-24-15-6-4-5-7-18(15)30-13-20(24)26/h4-9,12H,3,10-11,13H2,1-2H3,(H,22,25)(H,23,27). The third kappa shape index (κ3) is 5.04. The molecule has 0 aliphatic carbocycles. The van der Waals surface area contributed by atoms with Gasteiger partial charge < -0.3 is 14.4 Å². The maximum absolute atomic E-state index is 12.3. The Hall–Kier alpha value is -3.20. The lowest BCUT2D eigenvalue weighted by Crippen LogP contribution is -2.44. The molecule has 0 spiro atoms. The van der Waals surface area contributed by atoms with Crippen molar-refractivity contribution in [3.8, 4) is 11.5 Å². The van der Waals surface area contributed by atoms with Gasteiger partial charge in [0.2, 0.25) is 11.8 Å². The van der Waals surface area contributed by atoms with Crippen molar-refractivity contribution < 1.29 is 23.9 Å². The topological polar surface area (TPSA) is 97.0 Å². The lowest BCUT2D eigenvalue weighted by Gasteiger charge is -2.28. The molecule has 0 bridgehead atoms. The third-order valence-electron chi connectivity index (χ3n) is 4.41. The zero-order chi connectivity index (χ0) is 21.5. The first kappa shape index (κ1) is 21.5. The second-order valence-electron chi connectivity index (χ2n) is 6.35. The zero-order valence-electron chi connectivity index (χ0n) is 16.8. The Kier molecular flexibility index (Phi) is 7.18. The van der Waals surface area contributed by atoms with Gasteiger partial charge in [-0.3, -0.25) is 25.2 Å². The fourth-order valence-corrected chi connectivity index (χ4v) is 3.89. The predicted octanol–water partition coefficient (Wildman–Crippen LogP) is 2.38. The van der Waals surface area contributed by atoms with Crippen LogP contribution in [0.4, 0.5) is 5.69 Å². The van der Waals surface area contributed by atoms with E-state index in [1.54, 1.807) is 17.0 Å². The number of nitrogens with zero attached hydrogens (tertiary/aromatic N) is 1. The van der Waals surface area contributed by atoms with Gasteiger partial charge in [0.1, 0.15) is 0 Å². The van der Waals surface area contributed by atoms with Crippen molar-refractivity contribution in [3.05, 3.63) is 48.0 Å². The van der Waals surface area contributed by atoms with E-state index in [-0.39, 0.29) is 18.9 Å². The van der Waals surface area contributed by atoms with Gasteiger partial charge in [0.05, 0.1) is 25.2 Å². The SMILES string of the molecule is CCOc1ccc(C(=O)NNC(=O)CCN2C(=O)CSc3ccccc32)cc1OC. The Morgan fingerprint density at radius 1 is 1.13 bits per heavy atom. The summed E-state index contributed by atoms with van der Waals surface area (Å²) in [6, 6.07) is 12.3. The quantitative estimate of drug-likeness (QED) is 0.656. The van der Waals surface area contributed by atoms with Crippen LogP contribution < -0.4 is 25.2 Å². The molecule has 3 rings (SSSR count). The number of para-hydroxylation sites is 1. The number of methoxy groups -OCH3 is 1.